The lowest BCUT2D eigenvalue weighted by Gasteiger charge is -2.23. The number of nitrogens with one attached hydrogen (secondary N) is 2. The molecule has 0 radical (unpaired) electrons. The van der Waals surface area contributed by atoms with Gasteiger partial charge in [0.15, 0.2) is 0 Å². The maximum atomic E-state index is 11.5. The van der Waals surface area contributed by atoms with E-state index in [-0.39, 0.29) is 17.9 Å². The van der Waals surface area contributed by atoms with Gasteiger partial charge in [-0.15, -0.1) is 0 Å². The summed E-state index contributed by atoms with van der Waals surface area (Å²) in [6, 6.07) is 1.10. The van der Waals surface area contributed by atoms with E-state index in [0.717, 1.165) is 0 Å². The first kappa shape index (κ1) is 13.4. The van der Waals surface area contributed by atoms with Gasteiger partial charge in [-0.2, -0.15) is 5.26 Å². The molecule has 0 rings (SSSR count). The van der Waals surface area contributed by atoms with E-state index in [1.807, 2.05) is 20.8 Å². The van der Waals surface area contributed by atoms with E-state index in [1.54, 1.807) is 13.0 Å². The Kier molecular flexibility index (Phi) is 4.79. The Hall–Kier alpha value is -1.57. The van der Waals surface area contributed by atoms with Crippen LogP contribution in [0.1, 0.15) is 34.1 Å². The summed E-state index contributed by atoms with van der Waals surface area (Å²) in [6.07, 6.45) is -0.229. The largest absolute Gasteiger partial charge is 0.350 e. The van der Waals surface area contributed by atoms with E-state index in [4.69, 9.17) is 5.26 Å². The molecular formula is C10H17N3O2. The maximum absolute atomic E-state index is 11.5. The van der Waals surface area contributed by atoms with E-state index in [0.29, 0.717) is 0 Å². The summed E-state index contributed by atoms with van der Waals surface area (Å²) in [5.74, 6) is -0.692. The molecule has 0 aromatic carbocycles. The number of hydrogen-bond acceptors (Lipinski definition) is 3. The molecule has 0 aromatic rings. The van der Waals surface area contributed by atoms with Gasteiger partial charge in [-0.3, -0.25) is 9.59 Å². The van der Waals surface area contributed by atoms with Crippen molar-refractivity contribution < 1.29 is 9.59 Å². The molecule has 0 bridgehead atoms. The van der Waals surface area contributed by atoms with Gasteiger partial charge in [0.25, 0.3) is 0 Å². The summed E-state index contributed by atoms with van der Waals surface area (Å²) in [4.78, 5) is 22.5. The summed E-state index contributed by atoms with van der Waals surface area (Å²) in [6.45, 7) is 7.15. The number of nitriles is 1. The second-order valence-electron chi connectivity index (χ2n) is 4.36. The van der Waals surface area contributed by atoms with Crippen molar-refractivity contribution in [1.29, 1.82) is 5.26 Å². The molecule has 15 heavy (non-hydrogen) atoms. The van der Waals surface area contributed by atoms with E-state index >= 15 is 0 Å². The fraction of sp³-hybridized carbons (Fsp3) is 0.700. The van der Waals surface area contributed by atoms with Crippen LogP contribution in [0.25, 0.3) is 0 Å². The monoisotopic (exact) mass is 211 g/mol. The highest BCUT2D eigenvalue weighted by Crippen LogP contribution is 1.99. The first-order chi connectivity index (χ1) is 6.76. The third-order valence-corrected chi connectivity index (χ3v) is 1.51. The molecule has 0 aliphatic carbocycles. The van der Waals surface area contributed by atoms with Gasteiger partial charge in [0.1, 0.15) is 12.5 Å². The van der Waals surface area contributed by atoms with Crippen LogP contribution in [0, 0.1) is 11.3 Å². The molecule has 2 amide bonds. The van der Waals surface area contributed by atoms with Crippen molar-refractivity contribution in [3.05, 3.63) is 0 Å². The number of rotatable bonds is 3. The number of hydrogen-bond donors (Lipinski definition) is 2. The van der Waals surface area contributed by atoms with Crippen LogP contribution in [-0.4, -0.2) is 23.4 Å². The summed E-state index contributed by atoms with van der Waals surface area (Å²) >= 11 is 0. The second-order valence-corrected chi connectivity index (χ2v) is 4.36. The highest BCUT2D eigenvalue weighted by atomic mass is 16.2. The topological polar surface area (TPSA) is 82.0 Å². The lowest BCUT2D eigenvalue weighted by molar-refractivity contribution is -0.129. The van der Waals surface area contributed by atoms with E-state index in [1.165, 1.54) is 0 Å². The molecule has 0 heterocycles. The maximum Gasteiger partial charge on any atom is 0.242 e. The van der Waals surface area contributed by atoms with Crippen molar-refractivity contribution in [2.45, 2.75) is 45.7 Å². The van der Waals surface area contributed by atoms with Gasteiger partial charge in [-0.05, 0) is 27.7 Å². The van der Waals surface area contributed by atoms with Crippen molar-refractivity contribution in [3.63, 3.8) is 0 Å². The van der Waals surface area contributed by atoms with Crippen molar-refractivity contribution in [2.75, 3.05) is 0 Å². The fourth-order valence-electron chi connectivity index (χ4n) is 0.908. The molecule has 2 N–H and O–H groups in total. The first-order valence-electron chi connectivity index (χ1n) is 4.74. The Morgan fingerprint density at radius 1 is 1.40 bits per heavy atom. The lowest BCUT2D eigenvalue weighted by atomic mass is 10.1. The van der Waals surface area contributed by atoms with Gasteiger partial charge in [0.05, 0.1) is 6.07 Å². The smallest absolute Gasteiger partial charge is 0.242 e. The fourth-order valence-corrected chi connectivity index (χ4v) is 0.908. The molecule has 1 unspecified atom stereocenters. The zero-order chi connectivity index (χ0) is 12.1. The third-order valence-electron chi connectivity index (χ3n) is 1.51. The van der Waals surface area contributed by atoms with E-state index in [2.05, 4.69) is 10.6 Å². The Bertz CT molecular complexity index is 286. The SMILES string of the molecule is CC(NC(=O)CC#N)C(=O)NC(C)(C)C. The van der Waals surface area contributed by atoms with Crippen LogP contribution in [0.3, 0.4) is 0 Å². The van der Waals surface area contributed by atoms with Crippen molar-refractivity contribution in [1.82, 2.24) is 10.6 Å². The highest BCUT2D eigenvalue weighted by molar-refractivity contribution is 5.88. The summed E-state index contributed by atoms with van der Waals surface area (Å²) < 4.78 is 0. The molecule has 0 aliphatic heterocycles. The molecule has 84 valence electrons. The minimum Gasteiger partial charge on any atom is -0.350 e. The standard InChI is InChI=1S/C10H17N3O2/c1-7(12-8(14)5-6-11)9(15)13-10(2,3)4/h7H,5H2,1-4H3,(H,12,14)(H,13,15). The molecule has 5 heteroatoms. The molecule has 1 atom stereocenters. The zero-order valence-corrected chi connectivity index (χ0v) is 9.55. The minimum absolute atomic E-state index is 0.229. The number of nitrogens with zero attached hydrogens (tertiary/aromatic N) is 1. The zero-order valence-electron chi connectivity index (χ0n) is 9.55. The molecule has 0 saturated carbocycles. The summed E-state index contributed by atoms with van der Waals surface area (Å²) in [5.41, 5.74) is -0.328. The molecule has 0 aliphatic rings. The van der Waals surface area contributed by atoms with Gasteiger partial charge < -0.3 is 10.6 Å². The minimum atomic E-state index is -0.620. The van der Waals surface area contributed by atoms with Gasteiger partial charge in [0.2, 0.25) is 11.8 Å². The molecule has 0 spiro atoms. The average Bonchev–Trinajstić information content (AvgIpc) is 2.00. The Morgan fingerprint density at radius 3 is 2.33 bits per heavy atom. The van der Waals surface area contributed by atoms with Crippen LogP contribution in [-0.2, 0) is 9.59 Å². The van der Waals surface area contributed by atoms with Gasteiger partial charge in [-0.25, -0.2) is 0 Å². The van der Waals surface area contributed by atoms with Gasteiger partial charge >= 0.3 is 0 Å². The Labute approximate surface area is 89.8 Å². The van der Waals surface area contributed by atoms with Gasteiger partial charge in [0, 0.05) is 5.54 Å². The van der Waals surface area contributed by atoms with Crippen molar-refractivity contribution >= 4 is 11.8 Å². The van der Waals surface area contributed by atoms with Crippen LogP contribution in [0.5, 0.6) is 0 Å². The molecular weight excluding hydrogens is 194 g/mol. The van der Waals surface area contributed by atoms with Crippen LogP contribution in [0.15, 0.2) is 0 Å². The normalized spacial score (nSPS) is 12.5. The van der Waals surface area contributed by atoms with E-state index in [9.17, 15) is 9.59 Å². The van der Waals surface area contributed by atoms with Gasteiger partial charge in [-0.1, -0.05) is 0 Å². The summed E-state index contributed by atoms with van der Waals surface area (Å²) in [5, 5.41) is 13.4. The average molecular weight is 211 g/mol. The van der Waals surface area contributed by atoms with Crippen LogP contribution in [0.2, 0.25) is 0 Å². The van der Waals surface area contributed by atoms with Crippen LogP contribution < -0.4 is 10.6 Å². The third kappa shape index (κ3) is 6.49. The molecule has 0 fully saturated rings. The van der Waals surface area contributed by atoms with Crippen molar-refractivity contribution in [3.8, 4) is 6.07 Å². The van der Waals surface area contributed by atoms with Crippen LogP contribution >= 0.6 is 0 Å². The lowest BCUT2D eigenvalue weighted by Crippen LogP contribution is -2.50. The summed E-state index contributed by atoms with van der Waals surface area (Å²) in [7, 11) is 0. The Morgan fingerprint density at radius 2 is 1.93 bits per heavy atom. The predicted octanol–water partition coefficient (Wildman–Crippen LogP) is 0.319. The van der Waals surface area contributed by atoms with E-state index < -0.39 is 11.9 Å². The molecule has 0 saturated heterocycles. The van der Waals surface area contributed by atoms with Crippen molar-refractivity contribution in [2.24, 2.45) is 0 Å². The number of carbonyl (C=O) groups excluding carboxylic acids is 2. The number of carbonyl (C=O) groups is 2. The van der Waals surface area contributed by atoms with Crippen LogP contribution in [0.4, 0.5) is 0 Å². The molecule has 0 aromatic heterocycles. The highest BCUT2D eigenvalue weighted by Gasteiger charge is 2.20. The molecule has 5 nitrogen and oxygen atoms in total. The first-order valence-corrected chi connectivity index (χ1v) is 4.74. The Balaban J connectivity index is 4.12. The second kappa shape index (κ2) is 5.35. The predicted molar refractivity (Wildman–Crippen MR) is 55.7 cm³/mol. The number of amides is 2. The quantitative estimate of drug-likeness (QED) is 0.705.